The van der Waals surface area contributed by atoms with Crippen LogP contribution in [0.4, 0.5) is 5.69 Å². The first-order chi connectivity index (χ1) is 10.7. The van der Waals surface area contributed by atoms with E-state index in [0.717, 1.165) is 20.2 Å². The second-order valence-electron chi connectivity index (χ2n) is 4.82. The van der Waals surface area contributed by atoms with Crippen LogP contribution in [0.1, 0.15) is 5.56 Å². The Labute approximate surface area is 141 Å². The van der Waals surface area contributed by atoms with Crippen molar-refractivity contribution in [2.45, 2.75) is 6.54 Å². The van der Waals surface area contributed by atoms with Gasteiger partial charge in [-0.15, -0.1) is 0 Å². The third kappa shape index (κ3) is 3.24. The number of benzene rings is 2. The Bertz CT molecular complexity index is 873. The molecule has 0 saturated heterocycles. The summed E-state index contributed by atoms with van der Waals surface area (Å²) in [6.07, 6.45) is 0. The molecule has 0 amide bonds. The highest BCUT2D eigenvalue weighted by molar-refractivity contribution is 14.1. The molecule has 0 radical (unpaired) electrons. The van der Waals surface area contributed by atoms with Gasteiger partial charge < -0.3 is 14.5 Å². The lowest BCUT2D eigenvalue weighted by atomic mass is 10.1. The molecular weight excluding hydrogens is 393 g/mol. The zero-order valence-corrected chi connectivity index (χ0v) is 14.1. The molecule has 5 heteroatoms. The number of rotatable bonds is 4. The summed E-state index contributed by atoms with van der Waals surface area (Å²) in [6.45, 7) is 0.550. The number of fused-ring (bicyclic) bond motifs is 1. The second-order valence-corrected chi connectivity index (χ2v) is 6.06. The van der Waals surface area contributed by atoms with E-state index in [4.69, 9.17) is 9.15 Å². The van der Waals surface area contributed by atoms with E-state index in [1.54, 1.807) is 13.2 Å². The van der Waals surface area contributed by atoms with Gasteiger partial charge in [0.15, 0.2) is 0 Å². The summed E-state index contributed by atoms with van der Waals surface area (Å²) < 4.78 is 11.6. The standard InChI is InChI=1S/C17H14INO3/c1-21-14-5-6-15-11(7-17(20)22-16(15)9-14)10-19-13-4-2-3-12(18)8-13/h2-9,19H,10H2,1H3. The molecule has 0 atom stereocenters. The zero-order valence-electron chi connectivity index (χ0n) is 11.9. The van der Waals surface area contributed by atoms with Gasteiger partial charge in [-0.1, -0.05) is 6.07 Å². The SMILES string of the molecule is COc1ccc2c(CNc3cccc(I)c3)cc(=O)oc2c1. The van der Waals surface area contributed by atoms with E-state index in [1.165, 1.54) is 6.07 Å². The molecule has 0 aliphatic rings. The van der Waals surface area contributed by atoms with Crippen LogP contribution in [0.25, 0.3) is 11.0 Å². The summed E-state index contributed by atoms with van der Waals surface area (Å²) in [4.78, 5) is 11.7. The lowest BCUT2D eigenvalue weighted by Gasteiger charge is -2.09. The van der Waals surface area contributed by atoms with Crippen LogP contribution in [0.2, 0.25) is 0 Å². The van der Waals surface area contributed by atoms with Gasteiger partial charge in [-0.05, 0) is 58.5 Å². The largest absolute Gasteiger partial charge is 0.497 e. The molecule has 0 aliphatic carbocycles. The molecule has 22 heavy (non-hydrogen) atoms. The predicted octanol–water partition coefficient (Wildman–Crippen LogP) is 4.02. The molecule has 112 valence electrons. The van der Waals surface area contributed by atoms with Gasteiger partial charge in [0, 0.05) is 33.3 Å². The zero-order chi connectivity index (χ0) is 15.5. The van der Waals surface area contributed by atoms with Crippen molar-refractivity contribution in [2.24, 2.45) is 0 Å². The van der Waals surface area contributed by atoms with Gasteiger partial charge in [0.1, 0.15) is 11.3 Å². The van der Waals surface area contributed by atoms with Crippen LogP contribution in [0.3, 0.4) is 0 Å². The Morgan fingerprint density at radius 3 is 2.82 bits per heavy atom. The maximum absolute atomic E-state index is 11.7. The monoisotopic (exact) mass is 407 g/mol. The predicted molar refractivity (Wildman–Crippen MR) is 95.5 cm³/mol. The fourth-order valence-corrected chi connectivity index (χ4v) is 2.82. The Hall–Kier alpha value is -2.02. The smallest absolute Gasteiger partial charge is 0.336 e. The molecule has 0 fully saturated rings. The van der Waals surface area contributed by atoms with Gasteiger partial charge >= 0.3 is 5.63 Å². The Kier molecular flexibility index (Phi) is 4.33. The van der Waals surface area contributed by atoms with Crippen molar-refractivity contribution < 1.29 is 9.15 Å². The number of hydrogen-bond acceptors (Lipinski definition) is 4. The first kappa shape index (κ1) is 14.9. The molecule has 3 rings (SSSR count). The summed E-state index contributed by atoms with van der Waals surface area (Å²) >= 11 is 2.27. The molecule has 1 heterocycles. The maximum Gasteiger partial charge on any atom is 0.336 e. The lowest BCUT2D eigenvalue weighted by molar-refractivity contribution is 0.414. The van der Waals surface area contributed by atoms with Crippen molar-refractivity contribution in [3.63, 3.8) is 0 Å². The Morgan fingerprint density at radius 1 is 1.18 bits per heavy atom. The summed E-state index contributed by atoms with van der Waals surface area (Å²) in [5, 5.41) is 4.23. The van der Waals surface area contributed by atoms with Crippen molar-refractivity contribution in [1.29, 1.82) is 0 Å². The number of ether oxygens (including phenoxy) is 1. The first-order valence-corrected chi connectivity index (χ1v) is 7.84. The molecule has 0 bridgehead atoms. The van der Waals surface area contributed by atoms with E-state index in [9.17, 15) is 4.79 Å². The molecule has 1 N–H and O–H groups in total. The fourth-order valence-electron chi connectivity index (χ4n) is 2.28. The number of halogens is 1. The van der Waals surface area contributed by atoms with E-state index in [0.29, 0.717) is 17.9 Å². The van der Waals surface area contributed by atoms with Crippen molar-refractivity contribution in [1.82, 2.24) is 0 Å². The summed E-state index contributed by atoms with van der Waals surface area (Å²) in [5.41, 5.74) is 2.08. The highest BCUT2D eigenvalue weighted by atomic mass is 127. The summed E-state index contributed by atoms with van der Waals surface area (Å²) in [6, 6.07) is 15.1. The average Bonchev–Trinajstić information content (AvgIpc) is 2.52. The van der Waals surface area contributed by atoms with Crippen LogP contribution in [-0.2, 0) is 6.54 Å². The van der Waals surface area contributed by atoms with Crippen LogP contribution in [0.5, 0.6) is 5.75 Å². The number of methoxy groups -OCH3 is 1. The van der Waals surface area contributed by atoms with Crippen molar-refractivity contribution in [3.8, 4) is 5.75 Å². The Morgan fingerprint density at radius 2 is 2.05 bits per heavy atom. The normalized spacial score (nSPS) is 10.6. The number of hydrogen-bond donors (Lipinski definition) is 1. The molecule has 1 aromatic heterocycles. The highest BCUT2D eigenvalue weighted by Gasteiger charge is 2.07. The van der Waals surface area contributed by atoms with Gasteiger partial charge in [-0.25, -0.2) is 4.79 Å². The van der Waals surface area contributed by atoms with Crippen molar-refractivity contribution in [3.05, 3.63) is 68.1 Å². The van der Waals surface area contributed by atoms with Crippen LogP contribution in [-0.4, -0.2) is 7.11 Å². The van der Waals surface area contributed by atoms with Crippen molar-refractivity contribution >= 4 is 39.2 Å². The number of anilines is 1. The number of nitrogens with one attached hydrogen (secondary N) is 1. The molecule has 0 aliphatic heterocycles. The third-order valence-corrected chi connectivity index (χ3v) is 4.02. The molecule has 2 aromatic carbocycles. The van der Waals surface area contributed by atoms with Gasteiger partial charge in [0.2, 0.25) is 0 Å². The molecule has 0 unspecified atom stereocenters. The minimum Gasteiger partial charge on any atom is -0.497 e. The van der Waals surface area contributed by atoms with Crippen LogP contribution < -0.4 is 15.7 Å². The quantitative estimate of drug-likeness (QED) is 0.525. The van der Waals surface area contributed by atoms with E-state index in [-0.39, 0.29) is 5.63 Å². The highest BCUT2D eigenvalue weighted by Crippen LogP contribution is 2.23. The van der Waals surface area contributed by atoms with E-state index >= 15 is 0 Å². The topological polar surface area (TPSA) is 51.5 Å². The fraction of sp³-hybridized carbons (Fsp3) is 0.118. The molecule has 0 saturated carbocycles. The first-order valence-electron chi connectivity index (χ1n) is 6.76. The van der Waals surface area contributed by atoms with Gasteiger partial charge in [0.25, 0.3) is 0 Å². The van der Waals surface area contributed by atoms with Gasteiger partial charge in [-0.2, -0.15) is 0 Å². The average molecular weight is 407 g/mol. The second kappa shape index (κ2) is 6.39. The lowest BCUT2D eigenvalue weighted by Crippen LogP contribution is -2.06. The maximum atomic E-state index is 11.7. The summed E-state index contributed by atoms with van der Waals surface area (Å²) in [5.74, 6) is 0.665. The molecule has 0 spiro atoms. The Balaban J connectivity index is 1.94. The van der Waals surface area contributed by atoms with Crippen LogP contribution in [0.15, 0.2) is 57.7 Å². The third-order valence-electron chi connectivity index (χ3n) is 3.34. The minimum absolute atomic E-state index is 0.361. The van der Waals surface area contributed by atoms with Gasteiger partial charge in [-0.3, -0.25) is 0 Å². The van der Waals surface area contributed by atoms with Gasteiger partial charge in [0.05, 0.1) is 7.11 Å². The molecule has 3 aromatic rings. The van der Waals surface area contributed by atoms with Crippen molar-refractivity contribution in [2.75, 3.05) is 12.4 Å². The summed E-state index contributed by atoms with van der Waals surface area (Å²) in [7, 11) is 1.59. The van der Waals surface area contributed by atoms with Crippen LogP contribution >= 0.6 is 22.6 Å². The van der Waals surface area contributed by atoms with E-state index in [2.05, 4.69) is 34.0 Å². The minimum atomic E-state index is -0.361. The van der Waals surface area contributed by atoms with Crippen LogP contribution in [0, 0.1) is 3.57 Å². The molecular formula is C17H14INO3. The molecule has 4 nitrogen and oxygen atoms in total. The van der Waals surface area contributed by atoms with E-state index in [1.807, 2.05) is 30.3 Å². The van der Waals surface area contributed by atoms with E-state index < -0.39 is 0 Å².